The number of nitrogens with two attached hydrogens (primary N) is 1. The van der Waals surface area contributed by atoms with E-state index in [2.05, 4.69) is 15.4 Å². The first-order chi connectivity index (χ1) is 9.42. The minimum atomic E-state index is -0.820. The van der Waals surface area contributed by atoms with Crippen LogP contribution in [-0.4, -0.2) is 48.5 Å². The van der Waals surface area contributed by atoms with Crippen molar-refractivity contribution in [3.63, 3.8) is 0 Å². The van der Waals surface area contributed by atoms with E-state index in [1.54, 1.807) is 0 Å². The number of hydrogen-bond acceptors (Lipinski definition) is 4. The molecule has 0 spiro atoms. The number of amidine groups is 1. The highest BCUT2D eigenvalue weighted by atomic mass is 16.4. The van der Waals surface area contributed by atoms with E-state index >= 15 is 0 Å². The Labute approximate surface area is 121 Å². The molecule has 0 aromatic heterocycles. The van der Waals surface area contributed by atoms with Gasteiger partial charge in [0.2, 0.25) is 5.91 Å². The van der Waals surface area contributed by atoms with Crippen molar-refractivity contribution in [2.24, 2.45) is 16.3 Å². The molecular formula is C14H28N4O2. The van der Waals surface area contributed by atoms with Crippen molar-refractivity contribution in [1.82, 2.24) is 10.2 Å². The zero-order valence-electron chi connectivity index (χ0n) is 12.9. The van der Waals surface area contributed by atoms with Gasteiger partial charge in [-0.2, -0.15) is 0 Å². The third-order valence-corrected chi connectivity index (χ3v) is 4.13. The third kappa shape index (κ3) is 4.10. The number of hydrogen-bond donors (Lipinski definition) is 3. The average molecular weight is 284 g/mol. The molecule has 4 N–H and O–H groups in total. The summed E-state index contributed by atoms with van der Waals surface area (Å²) in [5, 5.41) is 15.1. The molecule has 1 saturated carbocycles. The fourth-order valence-corrected chi connectivity index (χ4v) is 2.74. The maximum Gasteiger partial charge on any atom is 0.234 e. The first-order valence-electron chi connectivity index (χ1n) is 7.36. The Morgan fingerprint density at radius 1 is 1.40 bits per heavy atom. The van der Waals surface area contributed by atoms with Gasteiger partial charge in [0, 0.05) is 6.04 Å². The van der Waals surface area contributed by atoms with Crippen LogP contribution >= 0.6 is 0 Å². The standard InChI is InChI=1S/C14H28N4O2/c1-11(7-10-18(2)3)16-13(19)14(12(15)17-20)8-5-4-6-9-14/h11,20H,4-10H2,1-3H3,(H2,15,17)(H,16,19). The van der Waals surface area contributed by atoms with Crippen LogP contribution in [0.5, 0.6) is 0 Å². The van der Waals surface area contributed by atoms with Crippen molar-refractivity contribution in [1.29, 1.82) is 0 Å². The van der Waals surface area contributed by atoms with Crippen molar-refractivity contribution in [3.8, 4) is 0 Å². The molecule has 1 aliphatic rings. The largest absolute Gasteiger partial charge is 0.409 e. The molecule has 116 valence electrons. The van der Waals surface area contributed by atoms with Crippen LogP contribution in [0.3, 0.4) is 0 Å². The van der Waals surface area contributed by atoms with Crippen LogP contribution in [-0.2, 0) is 4.79 Å². The summed E-state index contributed by atoms with van der Waals surface area (Å²) in [7, 11) is 4.02. The Hall–Kier alpha value is -1.30. The van der Waals surface area contributed by atoms with E-state index in [1.807, 2.05) is 21.0 Å². The lowest BCUT2D eigenvalue weighted by atomic mass is 9.72. The molecule has 1 atom stereocenters. The summed E-state index contributed by atoms with van der Waals surface area (Å²) >= 11 is 0. The van der Waals surface area contributed by atoms with E-state index in [0.717, 1.165) is 32.2 Å². The molecule has 0 saturated heterocycles. The molecule has 0 radical (unpaired) electrons. The Morgan fingerprint density at radius 2 is 2.00 bits per heavy atom. The maximum absolute atomic E-state index is 12.6. The van der Waals surface area contributed by atoms with Gasteiger partial charge in [-0.1, -0.05) is 24.4 Å². The molecule has 20 heavy (non-hydrogen) atoms. The van der Waals surface area contributed by atoms with Crippen molar-refractivity contribution in [3.05, 3.63) is 0 Å². The van der Waals surface area contributed by atoms with Crippen molar-refractivity contribution < 1.29 is 10.0 Å². The molecule has 1 amide bonds. The molecule has 0 aromatic carbocycles. The Morgan fingerprint density at radius 3 is 2.50 bits per heavy atom. The molecule has 0 bridgehead atoms. The topological polar surface area (TPSA) is 91.0 Å². The average Bonchev–Trinajstić information content (AvgIpc) is 2.44. The summed E-state index contributed by atoms with van der Waals surface area (Å²) in [4.78, 5) is 14.7. The van der Waals surface area contributed by atoms with E-state index in [9.17, 15) is 4.79 Å². The van der Waals surface area contributed by atoms with E-state index < -0.39 is 5.41 Å². The Bertz CT molecular complexity index is 349. The molecule has 1 fully saturated rings. The second-order valence-corrected chi connectivity index (χ2v) is 6.09. The second-order valence-electron chi connectivity index (χ2n) is 6.09. The molecule has 1 unspecified atom stereocenters. The second kappa shape index (κ2) is 7.47. The zero-order valence-corrected chi connectivity index (χ0v) is 12.9. The maximum atomic E-state index is 12.6. The highest BCUT2D eigenvalue weighted by Gasteiger charge is 2.44. The molecule has 0 aromatic rings. The normalized spacial score (nSPS) is 20.7. The van der Waals surface area contributed by atoms with Gasteiger partial charge in [-0.15, -0.1) is 0 Å². The number of nitrogens with zero attached hydrogens (tertiary/aromatic N) is 2. The number of carbonyl (C=O) groups excluding carboxylic acids is 1. The van der Waals surface area contributed by atoms with E-state index in [4.69, 9.17) is 10.9 Å². The number of rotatable bonds is 6. The summed E-state index contributed by atoms with van der Waals surface area (Å²) in [6.45, 7) is 2.90. The van der Waals surface area contributed by atoms with Gasteiger partial charge in [-0.25, -0.2) is 0 Å². The van der Waals surface area contributed by atoms with E-state index in [1.165, 1.54) is 0 Å². The smallest absolute Gasteiger partial charge is 0.234 e. The van der Waals surface area contributed by atoms with Crippen LogP contribution in [0.1, 0.15) is 45.4 Å². The Balaban J connectivity index is 2.69. The van der Waals surface area contributed by atoms with Crippen LogP contribution in [0.15, 0.2) is 5.16 Å². The number of nitrogens with one attached hydrogen (secondary N) is 1. The highest BCUT2D eigenvalue weighted by Crippen LogP contribution is 2.37. The quantitative estimate of drug-likeness (QED) is 0.295. The van der Waals surface area contributed by atoms with E-state index in [0.29, 0.717) is 12.8 Å². The number of carbonyl (C=O) groups is 1. The van der Waals surface area contributed by atoms with Crippen molar-refractivity contribution in [2.45, 2.75) is 51.5 Å². The molecule has 0 heterocycles. The summed E-state index contributed by atoms with van der Waals surface area (Å²) in [5.41, 5.74) is 4.99. The molecule has 0 aliphatic heterocycles. The molecule has 1 aliphatic carbocycles. The van der Waals surface area contributed by atoms with Crippen LogP contribution < -0.4 is 11.1 Å². The van der Waals surface area contributed by atoms with Gasteiger partial charge < -0.3 is 21.2 Å². The van der Waals surface area contributed by atoms with Crippen LogP contribution in [0, 0.1) is 5.41 Å². The van der Waals surface area contributed by atoms with Gasteiger partial charge in [0.15, 0.2) is 5.84 Å². The fourth-order valence-electron chi connectivity index (χ4n) is 2.74. The summed E-state index contributed by atoms with van der Waals surface area (Å²) < 4.78 is 0. The lowest BCUT2D eigenvalue weighted by molar-refractivity contribution is -0.129. The molecule has 6 nitrogen and oxygen atoms in total. The van der Waals surface area contributed by atoms with Gasteiger partial charge in [-0.05, 0) is 46.8 Å². The number of amides is 1. The van der Waals surface area contributed by atoms with Crippen LogP contribution in [0.4, 0.5) is 0 Å². The first-order valence-corrected chi connectivity index (χ1v) is 7.36. The molecule has 6 heteroatoms. The summed E-state index contributed by atoms with van der Waals surface area (Å²) in [5.74, 6) is -0.0479. The van der Waals surface area contributed by atoms with Crippen molar-refractivity contribution in [2.75, 3.05) is 20.6 Å². The van der Waals surface area contributed by atoms with Gasteiger partial charge in [0.05, 0.1) is 0 Å². The van der Waals surface area contributed by atoms with Crippen LogP contribution in [0.25, 0.3) is 0 Å². The molecule has 1 rings (SSSR count). The van der Waals surface area contributed by atoms with Gasteiger partial charge >= 0.3 is 0 Å². The zero-order chi connectivity index (χ0) is 15.2. The van der Waals surface area contributed by atoms with Crippen LogP contribution in [0.2, 0.25) is 0 Å². The lowest BCUT2D eigenvalue weighted by Crippen LogP contribution is -2.53. The van der Waals surface area contributed by atoms with Gasteiger partial charge in [0.1, 0.15) is 5.41 Å². The highest BCUT2D eigenvalue weighted by molar-refractivity contribution is 6.06. The fraction of sp³-hybridized carbons (Fsp3) is 0.857. The predicted molar refractivity (Wildman–Crippen MR) is 79.7 cm³/mol. The summed E-state index contributed by atoms with van der Waals surface area (Å²) in [6.07, 6.45) is 5.19. The Kier molecular flexibility index (Phi) is 6.26. The minimum Gasteiger partial charge on any atom is -0.409 e. The molecular weight excluding hydrogens is 256 g/mol. The van der Waals surface area contributed by atoms with Gasteiger partial charge in [-0.3, -0.25) is 4.79 Å². The monoisotopic (exact) mass is 284 g/mol. The first kappa shape index (κ1) is 16.8. The SMILES string of the molecule is CC(CCN(C)C)NC(=O)C1(C(N)=NO)CCCCC1. The number of oxime groups is 1. The van der Waals surface area contributed by atoms with Gasteiger partial charge in [0.25, 0.3) is 0 Å². The van der Waals surface area contributed by atoms with E-state index in [-0.39, 0.29) is 17.8 Å². The third-order valence-electron chi connectivity index (χ3n) is 4.13. The summed E-state index contributed by atoms with van der Waals surface area (Å²) in [6, 6.07) is 0.0789. The minimum absolute atomic E-state index is 0.0505. The van der Waals surface area contributed by atoms with Crippen molar-refractivity contribution >= 4 is 11.7 Å². The lowest BCUT2D eigenvalue weighted by Gasteiger charge is -2.35. The predicted octanol–water partition coefficient (Wildman–Crippen LogP) is 1.14.